The monoisotopic (exact) mass is 376 g/mol. The van der Waals surface area contributed by atoms with E-state index in [-0.39, 0.29) is 12.4 Å². The van der Waals surface area contributed by atoms with Crippen molar-refractivity contribution >= 4 is 30.0 Å². The molecule has 0 atom stereocenters. The van der Waals surface area contributed by atoms with Crippen molar-refractivity contribution in [2.75, 3.05) is 0 Å². The molecule has 0 spiro atoms. The van der Waals surface area contributed by atoms with Gasteiger partial charge in [0.15, 0.2) is 0 Å². The highest BCUT2D eigenvalue weighted by atomic mass is 35.5. The van der Waals surface area contributed by atoms with Crippen molar-refractivity contribution in [3.63, 3.8) is 0 Å². The number of hydrogen-bond acceptors (Lipinski definition) is 4. The number of nitrogens with zero attached hydrogens (tertiary/aromatic N) is 3. The summed E-state index contributed by atoms with van der Waals surface area (Å²) in [4.78, 5) is 0. The summed E-state index contributed by atoms with van der Waals surface area (Å²) in [6, 6.07) is 11.8. The van der Waals surface area contributed by atoms with Crippen LogP contribution in [0.1, 0.15) is 17.0 Å². The average molecular weight is 377 g/mol. The Morgan fingerprint density at radius 1 is 1.32 bits per heavy atom. The van der Waals surface area contributed by atoms with E-state index < -0.39 is 0 Å². The van der Waals surface area contributed by atoms with Crippen molar-refractivity contribution in [2.24, 2.45) is 5.10 Å². The number of aryl methyl sites for hydroxylation is 1. The topological polar surface area (TPSA) is 55.2 Å². The maximum absolute atomic E-state index is 13.7. The summed E-state index contributed by atoms with van der Waals surface area (Å²) in [5, 5.41) is 11.3. The van der Waals surface area contributed by atoms with E-state index in [1.807, 2.05) is 12.1 Å². The van der Waals surface area contributed by atoms with Crippen molar-refractivity contribution in [2.45, 2.75) is 13.5 Å². The highest BCUT2D eigenvalue weighted by Gasteiger charge is 2.07. The minimum atomic E-state index is -0.386. The molecule has 128 valence electrons. The van der Waals surface area contributed by atoms with E-state index in [4.69, 9.17) is 28.6 Å². The maximum Gasteiger partial charge on any atom is 0.216 e. The van der Waals surface area contributed by atoms with Gasteiger partial charge in [0, 0.05) is 5.56 Å². The van der Waals surface area contributed by atoms with E-state index in [1.54, 1.807) is 37.4 Å². The van der Waals surface area contributed by atoms with Crippen LogP contribution in [-0.2, 0) is 6.61 Å². The van der Waals surface area contributed by atoms with Gasteiger partial charge >= 0.3 is 0 Å². The molecule has 0 saturated heterocycles. The first-order chi connectivity index (χ1) is 12.0. The van der Waals surface area contributed by atoms with Crippen molar-refractivity contribution < 1.29 is 9.13 Å². The van der Waals surface area contributed by atoms with Gasteiger partial charge in [0.2, 0.25) is 4.77 Å². The molecule has 1 aromatic heterocycles. The Balaban J connectivity index is 1.67. The molecule has 0 fully saturated rings. The predicted molar refractivity (Wildman–Crippen MR) is 97.3 cm³/mol. The minimum Gasteiger partial charge on any atom is -0.489 e. The number of benzene rings is 2. The van der Waals surface area contributed by atoms with E-state index in [0.717, 1.165) is 5.56 Å². The first-order valence-corrected chi connectivity index (χ1v) is 8.17. The lowest BCUT2D eigenvalue weighted by atomic mass is 10.2. The van der Waals surface area contributed by atoms with Crippen LogP contribution in [0.5, 0.6) is 5.75 Å². The van der Waals surface area contributed by atoms with Gasteiger partial charge in [0.1, 0.15) is 24.0 Å². The number of halogens is 2. The Kier molecular flexibility index (Phi) is 5.25. The molecule has 2 aromatic carbocycles. The zero-order valence-electron chi connectivity index (χ0n) is 13.2. The van der Waals surface area contributed by atoms with Gasteiger partial charge in [-0.25, -0.2) is 4.39 Å². The Labute approximate surface area is 153 Å². The number of H-pyrrole nitrogens is 1. The van der Waals surface area contributed by atoms with E-state index in [1.165, 1.54) is 10.7 Å². The van der Waals surface area contributed by atoms with Crippen molar-refractivity contribution in [1.82, 2.24) is 14.9 Å². The molecule has 3 rings (SSSR count). The first kappa shape index (κ1) is 17.3. The molecule has 8 heteroatoms. The van der Waals surface area contributed by atoms with Gasteiger partial charge in [-0.05, 0) is 61.1 Å². The summed E-state index contributed by atoms with van der Waals surface area (Å²) in [5.41, 5.74) is 1.19. The molecule has 0 aliphatic carbocycles. The van der Waals surface area contributed by atoms with Gasteiger partial charge in [-0.15, -0.1) is 0 Å². The summed E-state index contributed by atoms with van der Waals surface area (Å²) in [5.74, 6) is 0.888. The highest BCUT2D eigenvalue weighted by Crippen LogP contribution is 2.21. The largest absolute Gasteiger partial charge is 0.489 e. The van der Waals surface area contributed by atoms with Gasteiger partial charge in [-0.3, -0.25) is 5.10 Å². The molecule has 25 heavy (non-hydrogen) atoms. The molecule has 1 N–H and O–H groups in total. The summed E-state index contributed by atoms with van der Waals surface area (Å²) in [6.45, 7) is 1.86. The molecule has 0 radical (unpaired) electrons. The third kappa shape index (κ3) is 4.12. The van der Waals surface area contributed by atoms with Crippen LogP contribution in [0.2, 0.25) is 5.02 Å². The van der Waals surface area contributed by atoms with Gasteiger partial charge < -0.3 is 4.74 Å². The number of nitrogens with one attached hydrogen (secondary N) is 1. The Hall–Kier alpha value is -2.51. The lowest BCUT2D eigenvalue weighted by Crippen LogP contribution is -1.99. The number of aromatic amines is 1. The molecule has 5 nitrogen and oxygen atoms in total. The van der Waals surface area contributed by atoms with E-state index in [9.17, 15) is 4.39 Å². The third-order valence-corrected chi connectivity index (χ3v) is 4.08. The molecule has 0 unspecified atom stereocenters. The van der Waals surface area contributed by atoms with Gasteiger partial charge in [-0.1, -0.05) is 17.7 Å². The van der Waals surface area contributed by atoms with Crippen LogP contribution in [0.25, 0.3) is 0 Å². The van der Waals surface area contributed by atoms with Gasteiger partial charge in [0.05, 0.1) is 11.2 Å². The smallest absolute Gasteiger partial charge is 0.216 e. The van der Waals surface area contributed by atoms with Gasteiger partial charge in [0.25, 0.3) is 0 Å². The van der Waals surface area contributed by atoms with Crippen LogP contribution in [0, 0.1) is 17.5 Å². The lowest BCUT2D eigenvalue weighted by molar-refractivity contribution is 0.300. The van der Waals surface area contributed by atoms with Crippen LogP contribution in [0.15, 0.2) is 47.6 Å². The summed E-state index contributed by atoms with van der Waals surface area (Å²) >= 11 is 11.1. The van der Waals surface area contributed by atoms with Crippen LogP contribution >= 0.6 is 23.8 Å². The number of hydrogen-bond donors (Lipinski definition) is 1. The van der Waals surface area contributed by atoms with E-state index in [0.29, 0.717) is 26.9 Å². The van der Waals surface area contributed by atoms with Crippen molar-refractivity contribution in [3.05, 3.63) is 75.0 Å². The average Bonchev–Trinajstić information content (AvgIpc) is 2.92. The summed E-state index contributed by atoms with van der Waals surface area (Å²) in [6.07, 6.45) is 1.66. The number of aromatic nitrogens is 3. The van der Waals surface area contributed by atoms with Gasteiger partial charge in [-0.2, -0.15) is 14.9 Å². The number of ether oxygens (including phenoxy) is 1. The summed E-state index contributed by atoms with van der Waals surface area (Å²) in [7, 11) is 0. The van der Waals surface area contributed by atoms with E-state index in [2.05, 4.69) is 15.3 Å². The maximum atomic E-state index is 13.7. The second kappa shape index (κ2) is 7.58. The molecule has 0 aliphatic heterocycles. The van der Waals surface area contributed by atoms with Crippen LogP contribution in [0.3, 0.4) is 0 Å². The Morgan fingerprint density at radius 3 is 2.72 bits per heavy atom. The normalized spacial score (nSPS) is 11.2. The lowest BCUT2D eigenvalue weighted by Gasteiger charge is -2.08. The molecule has 0 aliphatic rings. The molecule has 3 aromatic rings. The fourth-order valence-corrected chi connectivity index (χ4v) is 2.55. The quantitative estimate of drug-likeness (QED) is 0.526. The van der Waals surface area contributed by atoms with Crippen LogP contribution < -0.4 is 4.74 Å². The second-order valence-corrected chi connectivity index (χ2v) is 5.98. The standard InChI is InChI=1S/C17H14ClFN4OS/c1-11-21-22-17(25)23(11)20-9-12-5-7-13(8-6-12)24-10-14-15(18)3-2-4-16(14)19/h2-9H,10H2,1H3,(H,22,25)/b20-9+. The summed E-state index contributed by atoms with van der Waals surface area (Å²) < 4.78 is 21.3. The molecule has 0 amide bonds. The van der Waals surface area contributed by atoms with Crippen LogP contribution in [0.4, 0.5) is 4.39 Å². The molecule has 1 heterocycles. The second-order valence-electron chi connectivity index (χ2n) is 5.19. The SMILES string of the molecule is Cc1n[nH]c(=S)n1/N=C/c1ccc(OCc2c(F)cccc2Cl)cc1. The third-order valence-electron chi connectivity index (χ3n) is 3.46. The molecular weight excluding hydrogens is 363 g/mol. The first-order valence-electron chi connectivity index (χ1n) is 7.39. The Morgan fingerprint density at radius 2 is 2.08 bits per heavy atom. The fourth-order valence-electron chi connectivity index (χ4n) is 2.11. The molecule has 0 bridgehead atoms. The number of rotatable bonds is 5. The van der Waals surface area contributed by atoms with Crippen molar-refractivity contribution in [3.8, 4) is 5.75 Å². The van der Waals surface area contributed by atoms with E-state index >= 15 is 0 Å². The Bertz CT molecular complexity index is 945. The zero-order valence-corrected chi connectivity index (χ0v) is 14.8. The highest BCUT2D eigenvalue weighted by molar-refractivity contribution is 7.71. The predicted octanol–water partition coefficient (Wildman–Crippen LogP) is 4.50. The molecule has 0 saturated carbocycles. The zero-order chi connectivity index (χ0) is 17.8. The van der Waals surface area contributed by atoms with Crippen LogP contribution in [-0.4, -0.2) is 21.1 Å². The fraction of sp³-hybridized carbons (Fsp3) is 0.118. The van der Waals surface area contributed by atoms with Crippen molar-refractivity contribution in [1.29, 1.82) is 0 Å². The minimum absolute atomic E-state index is 0.0579. The molecular formula is C17H14ClFN4OS.